The molecule has 2 amide bonds. The summed E-state index contributed by atoms with van der Waals surface area (Å²) in [6.07, 6.45) is 9.46. The minimum Gasteiger partial charge on any atom is -0.478 e. The van der Waals surface area contributed by atoms with Crippen molar-refractivity contribution in [2.24, 2.45) is 0 Å². The Labute approximate surface area is 389 Å². The van der Waals surface area contributed by atoms with Gasteiger partial charge >= 0.3 is 23.9 Å². The number of nitrogens with zero attached hydrogens (tertiary/aromatic N) is 4. The van der Waals surface area contributed by atoms with Crippen LogP contribution in [0.3, 0.4) is 0 Å². The molecule has 6 N–H and O–H groups in total. The molecule has 0 saturated heterocycles. The maximum absolute atomic E-state index is 11.5. The number of benzene rings is 4. The number of aryl methyl sites for hydroxylation is 2. The second-order valence-electron chi connectivity index (χ2n) is 15.8. The normalized spacial score (nSPS) is 15.3. The highest BCUT2D eigenvalue weighted by molar-refractivity contribution is 5.89. The number of hydrogen-bond donors (Lipinski definition) is 4. The third-order valence-electron chi connectivity index (χ3n) is 11.2. The maximum atomic E-state index is 11.5. The number of carboxylic acids is 4. The van der Waals surface area contributed by atoms with Gasteiger partial charge in [0, 0.05) is 66.8 Å². The van der Waals surface area contributed by atoms with E-state index < -0.39 is 23.9 Å². The van der Waals surface area contributed by atoms with Gasteiger partial charge in [-0.25, -0.2) is 19.2 Å². The fraction of sp³-hybridized carbons (Fsp3) is 0.231. The van der Waals surface area contributed by atoms with E-state index >= 15 is 0 Å². The smallest absolute Gasteiger partial charge is 0.335 e. The molecule has 7 rings (SSSR count). The first-order chi connectivity index (χ1) is 31.4. The minimum absolute atomic E-state index is 0. The molecular weight excluding hydrogens is 857 g/mol. The summed E-state index contributed by atoms with van der Waals surface area (Å²) in [5, 5.41) is 37.6. The lowest BCUT2D eigenvalue weighted by molar-refractivity contribution is -0.127. The van der Waals surface area contributed by atoms with E-state index in [0.29, 0.717) is 0 Å². The molecule has 0 bridgehead atoms. The van der Waals surface area contributed by atoms with Crippen molar-refractivity contribution in [1.29, 1.82) is 0 Å². The van der Waals surface area contributed by atoms with Crippen LogP contribution in [0.1, 0.15) is 112 Å². The van der Waals surface area contributed by atoms with E-state index in [9.17, 15) is 49.2 Å². The number of aromatic nitrogens is 2. The Hall–Kier alpha value is -8.04. The van der Waals surface area contributed by atoms with Gasteiger partial charge in [-0.1, -0.05) is 48.5 Å². The number of carbonyl (C=O) groups excluding carboxylic acids is 2. The fourth-order valence-corrected chi connectivity index (χ4v) is 7.19. The lowest BCUT2D eigenvalue weighted by Gasteiger charge is -2.54. The summed E-state index contributed by atoms with van der Waals surface area (Å²) in [6, 6.07) is 34.8. The SMILES string of the molecule is CC(=O)N(C)C.CC(=O)N(C)C.O.O=C(O)c1ccc(C2C(c3ccc(C(=O)O)cc3)C(c3ccc(C(=O)O)cc3)C2c2ccc(C(=O)O)cc2)cc1.c1cc(CCc2ccncc2)ccn1. The number of hydrogen-bond acceptors (Lipinski definition) is 8. The summed E-state index contributed by atoms with van der Waals surface area (Å²) in [5.74, 6) is -4.66. The quantitative estimate of drug-likeness (QED) is 0.0984. The fourth-order valence-electron chi connectivity index (χ4n) is 7.19. The third kappa shape index (κ3) is 15.3. The number of carbonyl (C=O) groups is 6. The Morgan fingerprint density at radius 1 is 0.388 bits per heavy atom. The van der Waals surface area contributed by atoms with Crippen LogP contribution >= 0.6 is 0 Å². The molecule has 1 aliphatic carbocycles. The molecule has 67 heavy (non-hydrogen) atoms. The lowest BCUT2D eigenvalue weighted by Crippen LogP contribution is -2.40. The first-order valence-electron chi connectivity index (χ1n) is 20.9. The second kappa shape index (κ2) is 25.4. The predicted octanol–water partition coefficient (Wildman–Crippen LogP) is 7.55. The average molecular weight is 913 g/mol. The van der Waals surface area contributed by atoms with Crippen LogP contribution in [0.15, 0.2) is 146 Å². The van der Waals surface area contributed by atoms with E-state index in [1.165, 1.54) is 34.8 Å². The largest absolute Gasteiger partial charge is 0.478 e. The topological polar surface area (TPSA) is 247 Å². The predicted molar refractivity (Wildman–Crippen MR) is 253 cm³/mol. The molecule has 2 aromatic heterocycles. The van der Waals surface area contributed by atoms with Crippen LogP contribution in [0.4, 0.5) is 0 Å². The van der Waals surface area contributed by atoms with Crippen LogP contribution in [0, 0.1) is 0 Å². The van der Waals surface area contributed by atoms with Crippen molar-refractivity contribution in [3.63, 3.8) is 0 Å². The highest BCUT2D eigenvalue weighted by Crippen LogP contribution is 2.66. The maximum Gasteiger partial charge on any atom is 0.335 e. The van der Waals surface area contributed by atoms with Crippen LogP contribution in [0.2, 0.25) is 0 Å². The van der Waals surface area contributed by atoms with Gasteiger partial charge in [-0.2, -0.15) is 0 Å². The standard InChI is InChI=1S/C32H24O8.C12H12N2.2C4H9NO.H2O/c33-29(34)21-9-1-17(2-10-21)25-26(18-3-11-22(12-4-18)30(35)36)28(20-7-15-24(16-8-20)32(39)40)27(25)19-5-13-23(14-6-19)31(37)38;1(11-3-7-13-8-4-11)2-12-5-9-14-10-6-12;2*1-4(6)5(2)3;/h1-16,25-28H,(H,33,34)(H,35,36)(H,37,38)(H,39,40);3-10H,1-2H2;2*1-3H3;1H2. The van der Waals surface area contributed by atoms with Crippen LogP contribution in [-0.2, 0) is 22.4 Å². The van der Waals surface area contributed by atoms with Crippen molar-refractivity contribution in [2.75, 3.05) is 28.2 Å². The zero-order valence-electron chi connectivity index (χ0n) is 38.1. The summed E-state index contributed by atoms with van der Waals surface area (Å²) in [5.41, 5.74) is 6.76. The van der Waals surface area contributed by atoms with Crippen molar-refractivity contribution >= 4 is 35.7 Å². The van der Waals surface area contributed by atoms with Crippen LogP contribution in [-0.4, -0.2) is 110 Å². The summed E-state index contributed by atoms with van der Waals surface area (Å²) < 4.78 is 0. The summed E-state index contributed by atoms with van der Waals surface area (Å²) in [6.45, 7) is 3.06. The highest BCUT2D eigenvalue weighted by Gasteiger charge is 2.52. The Bertz CT molecular complexity index is 2240. The minimum atomic E-state index is -1.04. The molecule has 15 nitrogen and oxygen atoms in total. The number of carboxylic acid groups (broad SMARTS) is 4. The number of pyridine rings is 2. The zero-order chi connectivity index (χ0) is 48.5. The van der Waals surface area contributed by atoms with Gasteiger partial charge in [0.25, 0.3) is 0 Å². The van der Waals surface area contributed by atoms with Gasteiger partial charge in [0.05, 0.1) is 22.3 Å². The van der Waals surface area contributed by atoms with E-state index in [1.807, 2.05) is 24.8 Å². The van der Waals surface area contributed by atoms with Gasteiger partial charge in [0.2, 0.25) is 11.8 Å². The molecule has 15 heteroatoms. The number of rotatable bonds is 11. The average Bonchev–Trinajstić information content (AvgIpc) is 3.30. The Kier molecular flexibility index (Phi) is 20.2. The highest BCUT2D eigenvalue weighted by atomic mass is 16.4. The molecule has 0 unspecified atom stereocenters. The van der Waals surface area contributed by atoms with E-state index in [0.717, 1.165) is 35.1 Å². The molecule has 0 aliphatic heterocycles. The van der Waals surface area contributed by atoms with E-state index in [1.54, 1.807) is 125 Å². The molecule has 1 saturated carbocycles. The molecular formula is C52H56N4O11. The van der Waals surface area contributed by atoms with Gasteiger partial charge in [0.1, 0.15) is 0 Å². The van der Waals surface area contributed by atoms with Gasteiger partial charge in [-0.05, 0) is 143 Å². The number of aromatic carboxylic acids is 4. The van der Waals surface area contributed by atoms with Crippen LogP contribution in [0.5, 0.6) is 0 Å². The van der Waals surface area contributed by atoms with Gasteiger partial charge in [0.15, 0.2) is 0 Å². The zero-order valence-corrected chi connectivity index (χ0v) is 38.1. The van der Waals surface area contributed by atoms with Crippen molar-refractivity contribution < 1.29 is 54.7 Å². The Morgan fingerprint density at radius 2 is 0.567 bits per heavy atom. The summed E-state index contributed by atoms with van der Waals surface area (Å²) in [7, 11) is 6.90. The summed E-state index contributed by atoms with van der Waals surface area (Å²) >= 11 is 0. The van der Waals surface area contributed by atoms with Crippen molar-refractivity contribution in [3.05, 3.63) is 202 Å². The first-order valence-corrected chi connectivity index (χ1v) is 20.9. The first kappa shape index (κ1) is 53.3. The van der Waals surface area contributed by atoms with Crippen molar-refractivity contribution in [1.82, 2.24) is 19.8 Å². The van der Waals surface area contributed by atoms with Crippen LogP contribution < -0.4 is 0 Å². The van der Waals surface area contributed by atoms with Gasteiger partial charge in [-0.3, -0.25) is 19.6 Å². The van der Waals surface area contributed by atoms with Crippen molar-refractivity contribution in [2.45, 2.75) is 50.4 Å². The lowest BCUT2D eigenvalue weighted by atomic mass is 9.49. The Balaban J connectivity index is 0.000000358. The molecule has 0 atom stereocenters. The van der Waals surface area contributed by atoms with Crippen LogP contribution in [0.25, 0.3) is 0 Å². The molecule has 4 aromatic carbocycles. The third-order valence-corrected chi connectivity index (χ3v) is 11.2. The molecule has 1 fully saturated rings. The molecule has 350 valence electrons. The molecule has 0 spiro atoms. The second-order valence-corrected chi connectivity index (χ2v) is 15.8. The number of amides is 2. The van der Waals surface area contributed by atoms with E-state index in [2.05, 4.69) is 34.2 Å². The molecule has 0 radical (unpaired) electrons. The molecule has 6 aromatic rings. The monoisotopic (exact) mass is 912 g/mol. The van der Waals surface area contributed by atoms with E-state index in [4.69, 9.17) is 0 Å². The Morgan fingerprint density at radius 3 is 0.716 bits per heavy atom. The molecule has 1 aliphatic rings. The van der Waals surface area contributed by atoms with Gasteiger partial charge in [-0.15, -0.1) is 0 Å². The van der Waals surface area contributed by atoms with Crippen molar-refractivity contribution in [3.8, 4) is 0 Å². The summed E-state index contributed by atoms with van der Waals surface area (Å²) in [4.78, 5) is 77.1. The van der Waals surface area contributed by atoms with Gasteiger partial charge < -0.3 is 35.7 Å². The van der Waals surface area contributed by atoms with E-state index in [-0.39, 0.29) is 63.2 Å². The molecule has 2 heterocycles.